The molecule has 0 radical (unpaired) electrons. The summed E-state index contributed by atoms with van der Waals surface area (Å²) in [5.74, 6) is -5.03. The molecule has 0 saturated carbocycles. The van der Waals surface area contributed by atoms with Crippen molar-refractivity contribution in [3.8, 4) is 0 Å². The maximum absolute atomic E-state index is 12.5. The number of hydrogen-bond donors (Lipinski definition) is 1. The Balaban J connectivity index is 2.15. The molecule has 278 valence electrons. The average Bonchev–Trinajstić information content (AvgIpc) is 2.99. The molecule has 2 aliphatic rings. The smallest absolute Gasteiger partial charge is 0.303 e. The Morgan fingerprint density at radius 2 is 1.20 bits per heavy atom. The van der Waals surface area contributed by atoms with Crippen molar-refractivity contribution >= 4 is 70.5 Å². The van der Waals surface area contributed by atoms with Crippen molar-refractivity contribution in [1.29, 1.82) is 5.41 Å². The zero-order valence-corrected chi connectivity index (χ0v) is 30.1. The Morgan fingerprint density at radius 1 is 0.680 bits per heavy atom. The van der Waals surface area contributed by atoms with Gasteiger partial charge in [-0.1, -0.05) is 65.1 Å². The van der Waals surface area contributed by atoms with E-state index in [1.54, 1.807) is 31.2 Å². The minimum atomic E-state index is -2.34. The van der Waals surface area contributed by atoms with Gasteiger partial charge in [-0.2, -0.15) is 0 Å². The molecule has 0 unspecified atom stereocenters. The van der Waals surface area contributed by atoms with Crippen LogP contribution in [0.1, 0.15) is 47.1 Å². The third-order valence-electron chi connectivity index (χ3n) is 7.05. The lowest BCUT2D eigenvalue weighted by atomic mass is 9.96. The number of carbonyl (C=O) groups is 5. The topological polar surface area (TPSA) is 201 Å². The standard InChI is InChI=1S/C31H38Cl3NO15/c1-14-22(42-12-20-10-8-7-9-11-20)24(26(46-18(5)39)28(43-14)50-30(35)31(32,33)34)49-29-27(47-19(6)40)25(45-17(4)38)23(44-16(3)37)21(48-29)13-41-15(2)36/h7-11,14,21-29,35H,12-13H2,1-6H3/t14-,21+,22-,23+,24+,25-,26+,27+,28-,29-/m0/s1. The Hall–Kier alpha value is -3.25. The Kier molecular flexibility index (Phi) is 15.1. The van der Waals surface area contributed by atoms with Gasteiger partial charge in [-0.25, -0.2) is 0 Å². The highest BCUT2D eigenvalue weighted by Crippen LogP contribution is 2.37. The van der Waals surface area contributed by atoms with Crippen LogP contribution in [-0.2, 0) is 77.9 Å². The molecule has 1 aromatic rings. The van der Waals surface area contributed by atoms with Crippen LogP contribution in [0.3, 0.4) is 0 Å². The molecular weight excluding hydrogens is 733 g/mol. The summed E-state index contributed by atoms with van der Waals surface area (Å²) in [6, 6.07) is 8.98. The second-order valence-electron chi connectivity index (χ2n) is 11.2. The van der Waals surface area contributed by atoms with Crippen LogP contribution in [0, 0.1) is 5.41 Å². The van der Waals surface area contributed by atoms with E-state index in [0.717, 1.165) is 40.2 Å². The van der Waals surface area contributed by atoms with Gasteiger partial charge in [0.15, 0.2) is 30.7 Å². The lowest BCUT2D eigenvalue weighted by molar-refractivity contribution is -0.357. The van der Waals surface area contributed by atoms with Crippen LogP contribution in [0.15, 0.2) is 30.3 Å². The Labute approximate surface area is 302 Å². The van der Waals surface area contributed by atoms with Crippen LogP contribution in [0.25, 0.3) is 0 Å². The summed E-state index contributed by atoms with van der Waals surface area (Å²) in [5.41, 5.74) is 0.742. The minimum Gasteiger partial charge on any atom is -0.463 e. The first-order chi connectivity index (χ1) is 23.4. The van der Waals surface area contributed by atoms with Crippen molar-refractivity contribution < 1.29 is 71.3 Å². The van der Waals surface area contributed by atoms with Gasteiger partial charge in [0.05, 0.1) is 12.7 Å². The molecule has 0 amide bonds. The van der Waals surface area contributed by atoms with Crippen LogP contribution >= 0.6 is 34.8 Å². The van der Waals surface area contributed by atoms with Gasteiger partial charge >= 0.3 is 29.8 Å². The highest BCUT2D eigenvalue weighted by atomic mass is 35.6. The zero-order chi connectivity index (χ0) is 37.3. The van der Waals surface area contributed by atoms with Gasteiger partial charge in [-0.05, 0) is 12.5 Å². The third-order valence-corrected chi connectivity index (χ3v) is 7.56. The summed E-state index contributed by atoms with van der Waals surface area (Å²) >= 11 is 17.6. The first kappa shape index (κ1) is 41.2. The number of hydrogen-bond acceptors (Lipinski definition) is 16. The number of alkyl halides is 3. The molecule has 2 aliphatic heterocycles. The van der Waals surface area contributed by atoms with E-state index in [9.17, 15) is 24.0 Å². The fourth-order valence-corrected chi connectivity index (χ4v) is 5.31. The largest absolute Gasteiger partial charge is 0.463 e. The van der Waals surface area contributed by atoms with Crippen LogP contribution < -0.4 is 0 Å². The number of rotatable bonds is 12. The van der Waals surface area contributed by atoms with Crippen LogP contribution in [-0.4, -0.2) is 108 Å². The van der Waals surface area contributed by atoms with Gasteiger partial charge in [0, 0.05) is 34.6 Å². The van der Waals surface area contributed by atoms with Gasteiger partial charge in [0.1, 0.15) is 24.9 Å². The first-order valence-electron chi connectivity index (χ1n) is 15.1. The van der Waals surface area contributed by atoms with Crippen LogP contribution in [0.5, 0.6) is 0 Å². The van der Waals surface area contributed by atoms with E-state index in [1.165, 1.54) is 0 Å². The summed E-state index contributed by atoms with van der Waals surface area (Å²) in [5, 5.41) is 8.14. The summed E-state index contributed by atoms with van der Waals surface area (Å²) in [4.78, 5) is 61.1. The van der Waals surface area contributed by atoms with E-state index in [1.807, 2.05) is 6.07 Å². The van der Waals surface area contributed by atoms with Gasteiger partial charge in [-0.3, -0.25) is 29.4 Å². The van der Waals surface area contributed by atoms with Crippen molar-refractivity contribution in [3.05, 3.63) is 35.9 Å². The van der Waals surface area contributed by atoms with Gasteiger partial charge in [0.25, 0.3) is 3.79 Å². The normalized spacial score (nSPS) is 29.5. The van der Waals surface area contributed by atoms with Crippen molar-refractivity contribution in [2.45, 2.75) is 113 Å². The first-order valence-corrected chi connectivity index (χ1v) is 16.3. The van der Waals surface area contributed by atoms with Gasteiger partial charge < -0.3 is 47.4 Å². The molecule has 50 heavy (non-hydrogen) atoms. The van der Waals surface area contributed by atoms with Crippen molar-refractivity contribution in [1.82, 2.24) is 0 Å². The number of carbonyl (C=O) groups excluding carboxylic acids is 5. The molecule has 2 heterocycles. The summed E-state index contributed by atoms with van der Waals surface area (Å²) < 4.78 is 55.1. The quantitative estimate of drug-likeness (QED) is 0.107. The Morgan fingerprint density at radius 3 is 1.72 bits per heavy atom. The fourth-order valence-electron chi connectivity index (χ4n) is 5.17. The van der Waals surface area contributed by atoms with E-state index in [2.05, 4.69) is 0 Å². The molecule has 16 nitrogen and oxygen atoms in total. The molecule has 0 spiro atoms. The molecule has 19 heteroatoms. The lowest BCUT2D eigenvalue weighted by Crippen LogP contribution is -2.66. The summed E-state index contributed by atoms with van der Waals surface area (Å²) in [6.45, 7) is 6.44. The molecule has 2 saturated heterocycles. The van der Waals surface area contributed by atoms with E-state index in [-0.39, 0.29) is 6.61 Å². The molecule has 2 fully saturated rings. The maximum atomic E-state index is 12.5. The fraction of sp³-hybridized carbons (Fsp3) is 0.613. The Bertz CT molecular complexity index is 1380. The van der Waals surface area contributed by atoms with Gasteiger partial charge in [0.2, 0.25) is 12.2 Å². The lowest BCUT2D eigenvalue weighted by Gasteiger charge is -2.48. The molecule has 1 aromatic carbocycles. The molecule has 1 N–H and O–H groups in total. The van der Waals surface area contributed by atoms with Crippen LogP contribution in [0.4, 0.5) is 0 Å². The number of benzene rings is 1. The van der Waals surface area contributed by atoms with Crippen molar-refractivity contribution in [2.24, 2.45) is 0 Å². The molecule has 3 rings (SSSR count). The van der Waals surface area contributed by atoms with Crippen molar-refractivity contribution in [3.63, 3.8) is 0 Å². The third kappa shape index (κ3) is 11.9. The molecule has 0 bridgehead atoms. The molecular formula is C31H38Cl3NO15. The number of ether oxygens (including phenoxy) is 10. The van der Waals surface area contributed by atoms with E-state index in [0.29, 0.717) is 0 Å². The summed E-state index contributed by atoms with van der Waals surface area (Å²) in [6.07, 6.45) is -14.5. The number of nitrogens with one attached hydrogen (secondary N) is 1. The van der Waals surface area contributed by atoms with E-state index >= 15 is 0 Å². The molecule has 10 atom stereocenters. The highest BCUT2D eigenvalue weighted by molar-refractivity contribution is 6.76. The predicted octanol–water partition coefficient (Wildman–Crippen LogP) is 3.08. The van der Waals surface area contributed by atoms with Gasteiger partial charge in [-0.15, -0.1) is 0 Å². The summed E-state index contributed by atoms with van der Waals surface area (Å²) in [7, 11) is 0. The van der Waals surface area contributed by atoms with Crippen LogP contribution in [0.2, 0.25) is 0 Å². The monoisotopic (exact) mass is 769 g/mol. The SMILES string of the molecule is CC(=O)OC[C@H]1O[C@@H](O[C@@H]2[C@@H](OCc3ccccc3)[C@H](C)O[C@@H](OC(=N)C(Cl)(Cl)Cl)[C@@H]2OC(C)=O)[C@H](OC(C)=O)[C@@H](OC(C)=O)[C@@H]1OC(C)=O. The number of esters is 5. The number of halogens is 3. The molecule has 0 aromatic heterocycles. The van der Waals surface area contributed by atoms with E-state index < -0.39 is 108 Å². The zero-order valence-electron chi connectivity index (χ0n) is 27.8. The predicted molar refractivity (Wildman–Crippen MR) is 171 cm³/mol. The second kappa shape index (κ2) is 18.3. The molecule has 0 aliphatic carbocycles. The highest BCUT2D eigenvalue weighted by Gasteiger charge is 2.57. The van der Waals surface area contributed by atoms with E-state index in [4.69, 9.17) is 87.6 Å². The minimum absolute atomic E-state index is 0.0000738. The van der Waals surface area contributed by atoms with Crippen molar-refractivity contribution in [2.75, 3.05) is 6.61 Å². The average molecular weight is 771 g/mol. The maximum Gasteiger partial charge on any atom is 0.303 e. The second-order valence-corrected chi connectivity index (χ2v) is 13.4.